The monoisotopic (exact) mass is 260 g/mol. The minimum Gasteiger partial charge on any atom is -0.308 e. The predicted octanol–water partition coefficient (Wildman–Crippen LogP) is 0.0100. The summed E-state index contributed by atoms with van der Waals surface area (Å²) in [6.45, 7) is 4.60. The van der Waals surface area contributed by atoms with Gasteiger partial charge >= 0.3 is 0 Å². The molecule has 2 N–H and O–H groups in total. The lowest BCUT2D eigenvalue weighted by molar-refractivity contribution is 0.537. The first-order valence-electron chi connectivity index (χ1n) is 5.65. The number of nitrogens with one attached hydrogen (secondary N) is 2. The minimum atomic E-state index is -3.14. The smallest absolute Gasteiger partial charge is 0.212 e. The number of aryl methyl sites for hydroxylation is 1. The maximum Gasteiger partial charge on any atom is 0.212 e. The van der Waals surface area contributed by atoms with Crippen LogP contribution < -0.4 is 10.0 Å². The minimum absolute atomic E-state index is 0.0827. The first-order valence-corrected chi connectivity index (χ1v) is 7.30. The van der Waals surface area contributed by atoms with Crippen LogP contribution >= 0.6 is 0 Å². The third kappa shape index (κ3) is 4.45. The van der Waals surface area contributed by atoms with E-state index in [0.29, 0.717) is 13.1 Å². The van der Waals surface area contributed by atoms with Crippen molar-refractivity contribution in [3.8, 4) is 0 Å². The molecule has 1 aromatic rings. The average Bonchev–Trinajstić information content (AvgIpc) is 2.63. The fraction of sp³-hybridized carbons (Fsp3) is 0.700. The Morgan fingerprint density at radius 3 is 2.76 bits per heavy atom. The molecular formula is C10H20N4O2S. The van der Waals surface area contributed by atoms with Gasteiger partial charge in [-0.3, -0.25) is 4.68 Å². The van der Waals surface area contributed by atoms with Gasteiger partial charge < -0.3 is 5.32 Å². The lowest BCUT2D eigenvalue weighted by atomic mass is 10.2. The normalized spacial score (nSPS) is 13.8. The molecule has 0 saturated carbocycles. The molecule has 98 valence electrons. The van der Waals surface area contributed by atoms with Gasteiger partial charge in [0.25, 0.3) is 0 Å². The largest absolute Gasteiger partial charge is 0.308 e. The van der Waals surface area contributed by atoms with E-state index in [2.05, 4.69) is 15.1 Å². The molecule has 0 aliphatic heterocycles. The summed E-state index contributed by atoms with van der Waals surface area (Å²) in [7, 11) is -1.28. The molecule has 7 heteroatoms. The Labute approximate surface area is 102 Å². The molecule has 0 spiro atoms. The molecule has 6 nitrogen and oxygen atoms in total. The zero-order valence-corrected chi connectivity index (χ0v) is 11.3. The van der Waals surface area contributed by atoms with Gasteiger partial charge in [0.05, 0.1) is 11.4 Å². The van der Waals surface area contributed by atoms with Crippen LogP contribution in [0.3, 0.4) is 0 Å². The van der Waals surface area contributed by atoms with Crippen molar-refractivity contribution < 1.29 is 8.42 Å². The summed E-state index contributed by atoms with van der Waals surface area (Å²) in [6.07, 6.45) is 1.73. The molecule has 0 aromatic carbocycles. The van der Waals surface area contributed by atoms with Crippen LogP contribution in [-0.2, 0) is 17.1 Å². The third-order valence-corrected chi connectivity index (χ3v) is 3.96. The zero-order valence-electron chi connectivity index (χ0n) is 10.5. The van der Waals surface area contributed by atoms with E-state index in [1.807, 2.05) is 20.0 Å². The Bertz CT molecular complexity index is 441. The molecular weight excluding hydrogens is 240 g/mol. The SMILES string of the molecule is CCNS(=O)(=O)CCNC(C)c1ccnn1C. The van der Waals surface area contributed by atoms with Crippen LogP contribution in [0, 0.1) is 0 Å². The molecule has 1 rings (SSSR count). The molecule has 0 aliphatic rings. The van der Waals surface area contributed by atoms with Crippen LogP contribution in [0.4, 0.5) is 0 Å². The standard InChI is InChI=1S/C10H20N4O2S/c1-4-13-17(15,16)8-7-11-9(2)10-5-6-12-14(10)3/h5-6,9,11,13H,4,7-8H2,1-3H3. The second-order valence-electron chi connectivity index (χ2n) is 3.87. The van der Waals surface area contributed by atoms with E-state index in [1.165, 1.54) is 0 Å². The van der Waals surface area contributed by atoms with Gasteiger partial charge in [-0.05, 0) is 13.0 Å². The topological polar surface area (TPSA) is 76.0 Å². The van der Waals surface area contributed by atoms with E-state index in [9.17, 15) is 8.42 Å². The van der Waals surface area contributed by atoms with E-state index < -0.39 is 10.0 Å². The van der Waals surface area contributed by atoms with Gasteiger partial charge in [-0.15, -0.1) is 0 Å². The van der Waals surface area contributed by atoms with E-state index in [0.717, 1.165) is 5.69 Å². The van der Waals surface area contributed by atoms with Gasteiger partial charge in [-0.25, -0.2) is 13.1 Å². The first kappa shape index (κ1) is 14.1. The molecule has 1 heterocycles. The van der Waals surface area contributed by atoms with E-state index in [1.54, 1.807) is 17.8 Å². The van der Waals surface area contributed by atoms with E-state index in [4.69, 9.17) is 0 Å². The van der Waals surface area contributed by atoms with Gasteiger partial charge in [-0.1, -0.05) is 6.92 Å². The lowest BCUT2D eigenvalue weighted by Gasteiger charge is -2.14. The molecule has 0 bridgehead atoms. The molecule has 0 fully saturated rings. The quantitative estimate of drug-likeness (QED) is 0.724. The van der Waals surface area contributed by atoms with Gasteiger partial charge in [0.1, 0.15) is 0 Å². The predicted molar refractivity (Wildman–Crippen MR) is 67.1 cm³/mol. The van der Waals surface area contributed by atoms with Gasteiger partial charge in [0.2, 0.25) is 10.0 Å². The second kappa shape index (κ2) is 6.13. The number of hydrogen-bond acceptors (Lipinski definition) is 4. The summed E-state index contributed by atoms with van der Waals surface area (Å²) in [4.78, 5) is 0. The van der Waals surface area contributed by atoms with Crippen LogP contribution in [-0.4, -0.2) is 37.0 Å². The summed E-state index contributed by atoms with van der Waals surface area (Å²) >= 11 is 0. The van der Waals surface area contributed by atoms with Crippen LogP contribution in [0.25, 0.3) is 0 Å². The van der Waals surface area contributed by atoms with E-state index >= 15 is 0 Å². The van der Waals surface area contributed by atoms with E-state index in [-0.39, 0.29) is 11.8 Å². The molecule has 0 amide bonds. The van der Waals surface area contributed by atoms with Crippen molar-refractivity contribution in [3.05, 3.63) is 18.0 Å². The Kier molecular flexibility index (Phi) is 5.10. The number of rotatable bonds is 7. The molecule has 1 aromatic heterocycles. The number of nitrogens with zero attached hydrogens (tertiary/aromatic N) is 2. The van der Waals surface area contributed by atoms with Crippen LogP contribution in [0.2, 0.25) is 0 Å². The highest BCUT2D eigenvalue weighted by Gasteiger charge is 2.11. The fourth-order valence-electron chi connectivity index (χ4n) is 1.62. The Balaban J connectivity index is 2.40. The highest BCUT2D eigenvalue weighted by molar-refractivity contribution is 7.89. The van der Waals surface area contributed by atoms with Gasteiger partial charge in [-0.2, -0.15) is 5.10 Å². The molecule has 0 saturated heterocycles. The van der Waals surface area contributed by atoms with Crippen molar-refractivity contribution in [1.29, 1.82) is 0 Å². The Morgan fingerprint density at radius 1 is 1.53 bits per heavy atom. The number of hydrogen-bond donors (Lipinski definition) is 2. The number of sulfonamides is 1. The van der Waals surface area contributed by atoms with Gasteiger partial charge in [0.15, 0.2) is 0 Å². The highest BCUT2D eigenvalue weighted by atomic mass is 32.2. The lowest BCUT2D eigenvalue weighted by Crippen LogP contribution is -2.33. The molecule has 0 radical (unpaired) electrons. The fourth-order valence-corrected chi connectivity index (χ4v) is 2.59. The number of aromatic nitrogens is 2. The summed E-state index contributed by atoms with van der Waals surface area (Å²) < 4.78 is 27.0. The first-order chi connectivity index (χ1) is 7.96. The van der Waals surface area contributed by atoms with Crippen molar-refractivity contribution >= 4 is 10.0 Å². The maximum atomic E-state index is 11.4. The Hall–Kier alpha value is -0.920. The van der Waals surface area contributed by atoms with Crippen LogP contribution in [0.5, 0.6) is 0 Å². The summed E-state index contributed by atoms with van der Waals surface area (Å²) in [6, 6.07) is 2.00. The molecule has 0 aliphatic carbocycles. The summed E-state index contributed by atoms with van der Waals surface area (Å²) in [5.74, 6) is 0.0863. The maximum absolute atomic E-state index is 11.4. The van der Waals surface area contributed by atoms with Crippen LogP contribution in [0.1, 0.15) is 25.6 Å². The van der Waals surface area contributed by atoms with Crippen molar-refractivity contribution in [2.24, 2.45) is 7.05 Å². The van der Waals surface area contributed by atoms with Crippen molar-refractivity contribution in [2.45, 2.75) is 19.9 Å². The zero-order chi connectivity index (χ0) is 12.9. The van der Waals surface area contributed by atoms with Crippen molar-refractivity contribution in [2.75, 3.05) is 18.8 Å². The summed E-state index contributed by atoms with van der Waals surface area (Å²) in [5.41, 5.74) is 1.03. The second-order valence-corrected chi connectivity index (χ2v) is 5.80. The van der Waals surface area contributed by atoms with Gasteiger partial charge in [0, 0.05) is 32.4 Å². The molecule has 1 atom stereocenters. The average molecular weight is 260 g/mol. The molecule has 1 unspecified atom stereocenters. The third-order valence-electron chi connectivity index (χ3n) is 2.49. The summed E-state index contributed by atoms with van der Waals surface area (Å²) in [5, 5.41) is 7.23. The van der Waals surface area contributed by atoms with Crippen molar-refractivity contribution in [1.82, 2.24) is 19.8 Å². The van der Waals surface area contributed by atoms with Crippen LogP contribution in [0.15, 0.2) is 12.3 Å². The highest BCUT2D eigenvalue weighted by Crippen LogP contribution is 2.09. The van der Waals surface area contributed by atoms with Crippen molar-refractivity contribution in [3.63, 3.8) is 0 Å². The molecule has 17 heavy (non-hydrogen) atoms. The Morgan fingerprint density at radius 2 is 2.24 bits per heavy atom.